The third-order valence-corrected chi connectivity index (χ3v) is 4.10. The zero-order valence-electron chi connectivity index (χ0n) is 13.2. The van der Waals surface area contributed by atoms with Crippen molar-refractivity contribution in [3.8, 4) is 0 Å². The molecule has 2 N–H and O–H groups in total. The summed E-state index contributed by atoms with van der Waals surface area (Å²) in [4.78, 5) is 12.1. The lowest BCUT2D eigenvalue weighted by Crippen LogP contribution is -2.34. The van der Waals surface area contributed by atoms with Gasteiger partial charge in [-0.25, -0.2) is 0 Å². The van der Waals surface area contributed by atoms with Crippen LogP contribution in [0.25, 0.3) is 21.9 Å². The van der Waals surface area contributed by atoms with E-state index < -0.39 is 0 Å². The molecule has 0 spiro atoms. The zero-order chi connectivity index (χ0) is 17.2. The van der Waals surface area contributed by atoms with Gasteiger partial charge in [0.05, 0.1) is 0 Å². The minimum atomic E-state index is -0.247. The zero-order valence-corrected chi connectivity index (χ0v) is 14.0. The summed E-state index contributed by atoms with van der Waals surface area (Å²) < 4.78 is 5.85. The Morgan fingerprint density at radius 1 is 0.840 bits per heavy atom. The molecule has 1 amide bonds. The number of rotatable bonds is 2. The molecular formula is C20H14N2O2S. The first kappa shape index (κ1) is 15.4. The maximum absolute atomic E-state index is 12.1. The smallest absolute Gasteiger partial charge is 0.257 e. The first-order valence-corrected chi connectivity index (χ1v) is 8.20. The summed E-state index contributed by atoms with van der Waals surface area (Å²) in [6.07, 6.45) is 0. The van der Waals surface area contributed by atoms with Gasteiger partial charge in [-0.15, -0.1) is 0 Å². The molecule has 0 radical (unpaired) electrons. The molecule has 0 saturated heterocycles. The standard InChI is InChI=1S/C20H14N2O2S/c23-19(13-6-2-1-3-7-13)22-20(25)21-14-10-11-16-15-8-4-5-9-17(15)24-18(16)12-14/h1-12H,(H2,21,22,23,25). The number of fused-ring (bicyclic) bond motifs is 3. The van der Waals surface area contributed by atoms with Crippen molar-refractivity contribution in [2.45, 2.75) is 0 Å². The number of thiocarbonyl (C=S) groups is 1. The van der Waals surface area contributed by atoms with Gasteiger partial charge < -0.3 is 9.73 Å². The molecule has 5 heteroatoms. The minimum absolute atomic E-state index is 0.240. The minimum Gasteiger partial charge on any atom is -0.456 e. The Bertz CT molecular complexity index is 1090. The topological polar surface area (TPSA) is 54.3 Å². The lowest BCUT2D eigenvalue weighted by molar-refractivity contribution is 0.0977. The monoisotopic (exact) mass is 346 g/mol. The molecule has 4 rings (SSSR count). The largest absolute Gasteiger partial charge is 0.456 e. The second-order valence-corrected chi connectivity index (χ2v) is 5.99. The third-order valence-electron chi connectivity index (χ3n) is 3.90. The van der Waals surface area contributed by atoms with Gasteiger partial charge in [-0.1, -0.05) is 36.4 Å². The van der Waals surface area contributed by atoms with E-state index in [1.807, 2.05) is 48.5 Å². The van der Waals surface area contributed by atoms with Crippen molar-refractivity contribution in [3.63, 3.8) is 0 Å². The number of carbonyl (C=O) groups excluding carboxylic acids is 1. The fourth-order valence-corrected chi connectivity index (χ4v) is 2.94. The molecule has 1 aromatic heterocycles. The van der Waals surface area contributed by atoms with Crippen LogP contribution in [0.2, 0.25) is 0 Å². The predicted molar refractivity (Wildman–Crippen MR) is 104 cm³/mol. The number of anilines is 1. The van der Waals surface area contributed by atoms with Crippen LogP contribution in [0.3, 0.4) is 0 Å². The highest BCUT2D eigenvalue weighted by Gasteiger charge is 2.09. The first-order chi connectivity index (χ1) is 12.2. The normalized spacial score (nSPS) is 10.7. The Kier molecular flexibility index (Phi) is 3.91. The quantitative estimate of drug-likeness (QED) is 0.516. The van der Waals surface area contributed by atoms with Crippen LogP contribution in [0.4, 0.5) is 5.69 Å². The maximum atomic E-state index is 12.1. The number of hydrogen-bond donors (Lipinski definition) is 2. The molecule has 0 atom stereocenters. The van der Waals surface area contributed by atoms with E-state index in [2.05, 4.69) is 10.6 Å². The van der Waals surface area contributed by atoms with Gasteiger partial charge in [-0.2, -0.15) is 0 Å². The van der Waals surface area contributed by atoms with Crippen LogP contribution < -0.4 is 10.6 Å². The SMILES string of the molecule is O=C(NC(=S)Nc1ccc2c(c1)oc1ccccc12)c1ccccc1. The van der Waals surface area contributed by atoms with E-state index in [4.69, 9.17) is 16.6 Å². The number of para-hydroxylation sites is 1. The number of nitrogens with one attached hydrogen (secondary N) is 2. The second-order valence-electron chi connectivity index (χ2n) is 5.58. The number of hydrogen-bond acceptors (Lipinski definition) is 3. The fraction of sp³-hybridized carbons (Fsp3) is 0. The second kappa shape index (κ2) is 6.37. The molecule has 0 unspecified atom stereocenters. The van der Waals surface area contributed by atoms with Crippen molar-refractivity contribution < 1.29 is 9.21 Å². The number of benzene rings is 3. The molecule has 0 aliphatic rings. The Hall–Kier alpha value is -3.18. The molecule has 122 valence electrons. The molecule has 4 aromatic rings. The van der Waals surface area contributed by atoms with E-state index in [0.29, 0.717) is 5.56 Å². The van der Waals surface area contributed by atoms with E-state index in [9.17, 15) is 4.79 Å². The van der Waals surface area contributed by atoms with Gasteiger partial charge in [0, 0.05) is 28.1 Å². The third kappa shape index (κ3) is 3.09. The molecule has 3 aromatic carbocycles. The summed E-state index contributed by atoms with van der Waals surface area (Å²) in [5, 5.41) is 8.04. The Morgan fingerprint density at radius 3 is 2.40 bits per heavy atom. The van der Waals surface area contributed by atoms with Crippen LogP contribution in [0, 0.1) is 0 Å². The highest BCUT2D eigenvalue weighted by molar-refractivity contribution is 7.80. The van der Waals surface area contributed by atoms with Crippen molar-refractivity contribution in [2.24, 2.45) is 0 Å². The molecule has 0 aliphatic carbocycles. The van der Waals surface area contributed by atoms with Crippen molar-refractivity contribution in [2.75, 3.05) is 5.32 Å². The summed E-state index contributed by atoms with van der Waals surface area (Å²) in [5.41, 5.74) is 2.92. The van der Waals surface area contributed by atoms with Crippen LogP contribution in [-0.2, 0) is 0 Å². The molecule has 25 heavy (non-hydrogen) atoms. The Balaban J connectivity index is 1.53. The molecule has 0 saturated carbocycles. The van der Waals surface area contributed by atoms with Crippen LogP contribution in [0.5, 0.6) is 0 Å². The van der Waals surface area contributed by atoms with Crippen LogP contribution in [-0.4, -0.2) is 11.0 Å². The average Bonchev–Trinajstić information content (AvgIpc) is 3.00. The van der Waals surface area contributed by atoms with Gasteiger partial charge >= 0.3 is 0 Å². The Labute approximate surface area is 149 Å². The highest BCUT2D eigenvalue weighted by atomic mass is 32.1. The molecule has 0 fully saturated rings. The molecule has 4 nitrogen and oxygen atoms in total. The van der Waals surface area contributed by atoms with Gasteiger partial charge in [0.25, 0.3) is 5.91 Å². The summed E-state index contributed by atoms with van der Waals surface area (Å²) in [7, 11) is 0. The van der Waals surface area contributed by atoms with Crippen molar-refractivity contribution >= 4 is 50.9 Å². The molecule has 1 heterocycles. The first-order valence-electron chi connectivity index (χ1n) is 7.79. The van der Waals surface area contributed by atoms with E-state index in [-0.39, 0.29) is 11.0 Å². The van der Waals surface area contributed by atoms with Gasteiger partial charge in [0.1, 0.15) is 11.2 Å². The predicted octanol–water partition coefficient (Wildman–Crippen LogP) is 4.71. The average molecular weight is 346 g/mol. The molecule has 0 bridgehead atoms. The van der Waals surface area contributed by atoms with Crippen molar-refractivity contribution in [1.29, 1.82) is 0 Å². The van der Waals surface area contributed by atoms with Crippen molar-refractivity contribution in [1.82, 2.24) is 5.32 Å². The molecular weight excluding hydrogens is 332 g/mol. The van der Waals surface area contributed by atoms with Gasteiger partial charge in [-0.3, -0.25) is 10.1 Å². The van der Waals surface area contributed by atoms with Crippen LogP contribution in [0.15, 0.2) is 77.2 Å². The fourth-order valence-electron chi connectivity index (χ4n) is 2.73. The van der Waals surface area contributed by atoms with E-state index >= 15 is 0 Å². The Morgan fingerprint density at radius 2 is 1.56 bits per heavy atom. The summed E-state index contributed by atoms with van der Waals surface area (Å²) in [6.45, 7) is 0. The summed E-state index contributed by atoms with van der Waals surface area (Å²) in [5.74, 6) is -0.247. The van der Waals surface area contributed by atoms with E-state index in [0.717, 1.165) is 27.6 Å². The molecule has 0 aliphatic heterocycles. The van der Waals surface area contributed by atoms with E-state index in [1.54, 1.807) is 24.3 Å². The van der Waals surface area contributed by atoms with Crippen LogP contribution >= 0.6 is 12.2 Å². The van der Waals surface area contributed by atoms with E-state index in [1.165, 1.54) is 0 Å². The highest BCUT2D eigenvalue weighted by Crippen LogP contribution is 2.30. The maximum Gasteiger partial charge on any atom is 0.257 e. The number of carbonyl (C=O) groups is 1. The van der Waals surface area contributed by atoms with Crippen molar-refractivity contribution in [3.05, 3.63) is 78.4 Å². The lowest BCUT2D eigenvalue weighted by Gasteiger charge is -2.09. The number of amides is 1. The van der Waals surface area contributed by atoms with Gasteiger partial charge in [0.15, 0.2) is 5.11 Å². The summed E-state index contributed by atoms with van der Waals surface area (Å²) >= 11 is 5.23. The van der Waals surface area contributed by atoms with Crippen LogP contribution in [0.1, 0.15) is 10.4 Å². The number of furan rings is 1. The van der Waals surface area contributed by atoms with Gasteiger partial charge in [0.2, 0.25) is 0 Å². The van der Waals surface area contributed by atoms with Gasteiger partial charge in [-0.05, 0) is 42.5 Å². The summed E-state index contributed by atoms with van der Waals surface area (Å²) in [6, 6.07) is 22.6. The lowest BCUT2D eigenvalue weighted by atomic mass is 10.1.